The Bertz CT molecular complexity index is 608. The number of nitrogens with one attached hydrogen (secondary N) is 1. The highest BCUT2D eigenvalue weighted by Gasteiger charge is 2.18. The van der Waals surface area contributed by atoms with E-state index in [1.165, 1.54) is 5.56 Å². The van der Waals surface area contributed by atoms with Gasteiger partial charge in [-0.2, -0.15) is 0 Å². The summed E-state index contributed by atoms with van der Waals surface area (Å²) in [5, 5.41) is 5.33. The van der Waals surface area contributed by atoms with E-state index in [-0.39, 0.29) is 5.41 Å². The molecule has 2 rings (SSSR count). The van der Waals surface area contributed by atoms with Crippen molar-refractivity contribution in [1.29, 1.82) is 0 Å². The number of nitrogens with zero attached hydrogens (tertiary/aromatic N) is 2. The maximum absolute atomic E-state index is 6.23. The van der Waals surface area contributed by atoms with Crippen LogP contribution in [0.2, 0.25) is 5.02 Å². The maximum Gasteiger partial charge on any atom is 0.0761 e. The smallest absolute Gasteiger partial charge is 0.0761 e. The first-order valence-electron chi connectivity index (χ1n) is 7.27. The molecule has 0 bridgehead atoms. The summed E-state index contributed by atoms with van der Waals surface area (Å²) in [4.78, 5) is 6.70. The van der Waals surface area contributed by atoms with Gasteiger partial charge in [0, 0.05) is 36.2 Å². The lowest BCUT2D eigenvalue weighted by atomic mass is 9.93. The third-order valence-electron chi connectivity index (χ3n) is 3.46. The van der Waals surface area contributed by atoms with Crippen LogP contribution in [0.25, 0.3) is 10.9 Å². The summed E-state index contributed by atoms with van der Waals surface area (Å²) in [6, 6.07) is 7.95. The molecule has 0 aliphatic rings. The molecular formula is C17H24ClN3. The largest absolute Gasteiger partial charge is 0.312 e. The Morgan fingerprint density at radius 2 is 2.00 bits per heavy atom. The van der Waals surface area contributed by atoms with Crippen LogP contribution in [0.5, 0.6) is 0 Å². The van der Waals surface area contributed by atoms with E-state index < -0.39 is 0 Å². The summed E-state index contributed by atoms with van der Waals surface area (Å²) in [6.45, 7) is 7.37. The molecule has 0 aliphatic carbocycles. The van der Waals surface area contributed by atoms with Gasteiger partial charge in [-0.15, -0.1) is 0 Å². The van der Waals surface area contributed by atoms with Crippen molar-refractivity contribution in [1.82, 2.24) is 15.2 Å². The van der Waals surface area contributed by atoms with E-state index in [0.717, 1.165) is 35.6 Å². The van der Waals surface area contributed by atoms with Gasteiger partial charge in [0.25, 0.3) is 0 Å². The highest BCUT2D eigenvalue weighted by atomic mass is 35.5. The second-order valence-electron chi connectivity index (χ2n) is 6.61. The first-order valence-corrected chi connectivity index (χ1v) is 7.64. The van der Waals surface area contributed by atoms with E-state index in [1.54, 1.807) is 0 Å². The summed E-state index contributed by atoms with van der Waals surface area (Å²) < 4.78 is 0. The van der Waals surface area contributed by atoms with E-state index in [2.05, 4.69) is 49.2 Å². The predicted octanol–water partition coefficient (Wildman–Crippen LogP) is 3.57. The first-order chi connectivity index (χ1) is 9.89. The molecule has 0 unspecified atom stereocenters. The van der Waals surface area contributed by atoms with E-state index in [0.29, 0.717) is 0 Å². The van der Waals surface area contributed by atoms with Crippen LogP contribution in [-0.4, -0.2) is 37.1 Å². The number of rotatable bonds is 6. The lowest BCUT2D eigenvalue weighted by Crippen LogP contribution is -2.37. The molecule has 4 heteroatoms. The fraction of sp³-hybridized carbons (Fsp3) is 0.471. The zero-order valence-electron chi connectivity index (χ0n) is 13.3. The van der Waals surface area contributed by atoms with Crippen molar-refractivity contribution in [2.45, 2.75) is 20.4 Å². The molecule has 0 spiro atoms. The van der Waals surface area contributed by atoms with E-state index >= 15 is 0 Å². The fourth-order valence-corrected chi connectivity index (χ4v) is 3.00. The Kier molecular flexibility index (Phi) is 5.20. The molecule has 0 aliphatic heterocycles. The number of fused-ring (bicyclic) bond motifs is 1. The summed E-state index contributed by atoms with van der Waals surface area (Å²) in [7, 11) is 4.22. The standard InChI is InChI=1S/C17H24ClN3/c1-17(2,12-21(3)4)11-19-10-13-7-8-15(18)14-6-5-9-20-16(13)14/h5-9,19H,10-12H2,1-4H3. The molecule has 1 heterocycles. The molecule has 0 radical (unpaired) electrons. The minimum atomic E-state index is 0.235. The van der Waals surface area contributed by atoms with Gasteiger partial charge in [0.05, 0.1) is 5.52 Å². The molecular weight excluding hydrogens is 282 g/mol. The Morgan fingerprint density at radius 3 is 2.71 bits per heavy atom. The van der Waals surface area contributed by atoms with Crippen molar-refractivity contribution in [3.8, 4) is 0 Å². The van der Waals surface area contributed by atoms with Crippen LogP contribution < -0.4 is 5.32 Å². The monoisotopic (exact) mass is 305 g/mol. The highest BCUT2D eigenvalue weighted by Crippen LogP contribution is 2.24. The molecule has 0 fully saturated rings. The van der Waals surface area contributed by atoms with Crippen molar-refractivity contribution >= 4 is 22.5 Å². The number of pyridine rings is 1. The van der Waals surface area contributed by atoms with Gasteiger partial charge in [0.1, 0.15) is 0 Å². The van der Waals surface area contributed by atoms with Crippen LogP contribution in [-0.2, 0) is 6.54 Å². The average molecular weight is 306 g/mol. The Morgan fingerprint density at radius 1 is 1.24 bits per heavy atom. The van der Waals surface area contributed by atoms with E-state index in [9.17, 15) is 0 Å². The topological polar surface area (TPSA) is 28.2 Å². The van der Waals surface area contributed by atoms with E-state index in [1.807, 2.05) is 24.4 Å². The van der Waals surface area contributed by atoms with E-state index in [4.69, 9.17) is 11.6 Å². The van der Waals surface area contributed by atoms with Gasteiger partial charge < -0.3 is 10.2 Å². The van der Waals surface area contributed by atoms with Gasteiger partial charge in [-0.25, -0.2) is 0 Å². The number of aromatic nitrogens is 1. The van der Waals surface area contributed by atoms with Crippen molar-refractivity contribution in [3.63, 3.8) is 0 Å². The van der Waals surface area contributed by atoms with Gasteiger partial charge in [0.2, 0.25) is 0 Å². The Hall–Kier alpha value is -1.16. The zero-order valence-corrected chi connectivity index (χ0v) is 14.0. The molecule has 1 N–H and O–H groups in total. The molecule has 114 valence electrons. The Balaban J connectivity index is 2.06. The van der Waals surface area contributed by atoms with Crippen molar-refractivity contribution < 1.29 is 0 Å². The van der Waals surface area contributed by atoms with Crippen LogP contribution >= 0.6 is 11.6 Å². The molecule has 3 nitrogen and oxygen atoms in total. The summed E-state index contributed by atoms with van der Waals surface area (Å²) in [5.41, 5.74) is 2.41. The zero-order chi connectivity index (χ0) is 15.5. The van der Waals surface area contributed by atoms with Crippen LogP contribution in [0, 0.1) is 5.41 Å². The number of hydrogen-bond acceptors (Lipinski definition) is 3. The molecule has 1 aromatic carbocycles. The minimum absolute atomic E-state index is 0.235. The summed E-state index contributed by atoms with van der Waals surface area (Å²) >= 11 is 6.23. The molecule has 2 aromatic rings. The van der Waals surface area contributed by atoms with Gasteiger partial charge in [-0.1, -0.05) is 31.5 Å². The molecule has 0 amide bonds. The normalized spacial score (nSPS) is 12.3. The van der Waals surface area contributed by atoms with Crippen LogP contribution in [0.1, 0.15) is 19.4 Å². The average Bonchev–Trinajstić information content (AvgIpc) is 2.40. The third kappa shape index (κ3) is 4.40. The SMILES string of the molecule is CN(C)CC(C)(C)CNCc1ccc(Cl)c2cccnc12. The van der Waals surface area contributed by atoms with Gasteiger partial charge >= 0.3 is 0 Å². The van der Waals surface area contributed by atoms with Crippen molar-refractivity contribution in [2.24, 2.45) is 5.41 Å². The lowest BCUT2D eigenvalue weighted by molar-refractivity contribution is 0.232. The molecule has 0 atom stereocenters. The second-order valence-corrected chi connectivity index (χ2v) is 7.02. The third-order valence-corrected chi connectivity index (χ3v) is 3.79. The van der Waals surface area contributed by atoms with Crippen LogP contribution in [0.4, 0.5) is 0 Å². The maximum atomic E-state index is 6.23. The van der Waals surface area contributed by atoms with Gasteiger partial charge in [-0.05, 0) is 43.3 Å². The molecule has 0 saturated carbocycles. The predicted molar refractivity (Wildman–Crippen MR) is 90.8 cm³/mol. The summed E-state index contributed by atoms with van der Waals surface area (Å²) in [6.07, 6.45) is 1.82. The highest BCUT2D eigenvalue weighted by molar-refractivity contribution is 6.35. The Labute approximate surface area is 132 Å². The fourth-order valence-electron chi connectivity index (χ4n) is 2.79. The summed E-state index contributed by atoms with van der Waals surface area (Å²) in [5.74, 6) is 0. The van der Waals surface area contributed by atoms with Crippen molar-refractivity contribution in [3.05, 3.63) is 41.0 Å². The number of benzene rings is 1. The second kappa shape index (κ2) is 6.73. The van der Waals surface area contributed by atoms with Gasteiger partial charge in [0.15, 0.2) is 0 Å². The van der Waals surface area contributed by atoms with Gasteiger partial charge in [-0.3, -0.25) is 4.98 Å². The molecule has 0 saturated heterocycles. The van der Waals surface area contributed by atoms with Crippen molar-refractivity contribution in [2.75, 3.05) is 27.2 Å². The number of hydrogen-bond donors (Lipinski definition) is 1. The molecule has 21 heavy (non-hydrogen) atoms. The first kappa shape index (κ1) is 16.2. The number of halogens is 1. The van der Waals surface area contributed by atoms with Crippen LogP contribution in [0.3, 0.4) is 0 Å². The van der Waals surface area contributed by atoms with Crippen LogP contribution in [0.15, 0.2) is 30.5 Å². The quantitative estimate of drug-likeness (QED) is 0.884. The lowest BCUT2D eigenvalue weighted by Gasteiger charge is -2.28. The minimum Gasteiger partial charge on any atom is -0.312 e. The molecule has 1 aromatic heterocycles.